The standard InChI is InChI=1S/C39H71NO13/c1-16-27-39(10,48-15)32(43)22(4)29(41)20(2)18-38(9,47-14)34(53-36-30(42)26(40(11)12)17-21(3)49-36)23(5)31(24(6)35(45)51-27)52-28-19-37(8,46-13)33(44)25(7)50-28/h20-28,30-34,36,42-44H,16-19H2,1-15H3/t20-,21?,22+,23?,24-,25?,26?,27-,28?,30?,31+,32-,33?,34-,36?,37?,38-,39-/m1/s1. The zero-order chi connectivity index (χ0) is 40.4. The molecule has 14 heteroatoms. The number of aliphatic hydroxyl groups excluding tert-OH is 3. The van der Waals surface area contributed by atoms with E-state index in [0.717, 1.165) is 0 Å². The second-order valence-electron chi connectivity index (χ2n) is 16.8. The molecule has 9 unspecified atom stereocenters. The lowest BCUT2D eigenvalue weighted by molar-refractivity contribution is -0.319. The van der Waals surface area contributed by atoms with Crippen molar-refractivity contribution >= 4 is 11.8 Å². The SMILES string of the molecule is CC[C@H]1OC(=O)[C@H](C)[C@@H](OC2CC(C)(OC)C(O)C(C)O2)C(C)[C@@H](OC2OC(C)CC(N(C)C)C2O)[C@](C)(OC)C[C@@H](C)C(=O)[C@H](C)[C@@H](O)[C@]1(C)OC. The summed E-state index contributed by atoms with van der Waals surface area (Å²) in [5, 5.41) is 34.3. The third-order valence-electron chi connectivity index (χ3n) is 12.7. The third-order valence-corrected chi connectivity index (χ3v) is 12.7. The summed E-state index contributed by atoms with van der Waals surface area (Å²) in [6.07, 6.45) is -7.89. The van der Waals surface area contributed by atoms with Crippen molar-refractivity contribution in [3.05, 3.63) is 0 Å². The van der Waals surface area contributed by atoms with Crippen LogP contribution in [0.15, 0.2) is 0 Å². The molecule has 0 spiro atoms. The molecule has 3 aliphatic heterocycles. The first kappa shape index (κ1) is 46.1. The van der Waals surface area contributed by atoms with Crippen LogP contribution in [-0.2, 0) is 47.5 Å². The molecular formula is C39H71NO13. The predicted octanol–water partition coefficient (Wildman–Crippen LogP) is 3.09. The van der Waals surface area contributed by atoms with Crippen LogP contribution in [0.25, 0.3) is 0 Å². The van der Waals surface area contributed by atoms with Crippen LogP contribution in [0.5, 0.6) is 0 Å². The minimum atomic E-state index is -1.42. The number of methoxy groups -OCH3 is 3. The number of hydrogen-bond donors (Lipinski definition) is 3. The van der Waals surface area contributed by atoms with Gasteiger partial charge in [0.15, 0.2) is 12.6 Å². The Bertz CT molecular complexity index is 1210. The summed E-state index contributed by atoms with van der Waals surface area (Å²) >= 11 is 0. The van der Waals surface area contributed by atoms with Crippen LogP contribution in [0.4, 0.5) is 0 Å². The van der Waals surface area contributed by atoms with Crippen LogP contribution in [0.1, 0.15) is 94.9 Å². The number of cyclic esters (lactones) is 1. The van der Waals surface area contributed by atoms with Crippen molar-refractivity contribution in [1.82, 2.24) is 4.90 Å². The molecule has 18 atom stereocenters. The van der Waals surface area contributed by atoms with Crippen LogP contribution < -0.4 is 0 Å². The van der Waals surface area contributed by atoms with Gasteiger partial charge in [0.25, 0.3) is 0 Å². The normalized spacial score (nSPS) is 48.3. The molecule has 0 radical (unpaired) electrons. The number of ketones is 1. The van der Waals surface area contributed by atoms with E-state index in [2.05, 4.69) is 0 Å². The number of carbonyl (C=O) groups excluding carboxylic acids is 2. The van der Waals surface area contributed by atoms with Crippen molar-refractivity contribution in [2.75, 3.05) is 35.4 Å². The molecule has 3 fully saturated rings. The summed E-state index contributed by atoms with van der Waals surface area (Å²) in [4.78, 5) is 30.4. The number of likely N-dealkylation sites (N-methyl/N-ethyl adjacent to an activating group) is 1. The molecule has 0 aromatic heterocycles. The van der Waals surface area contributed by atoms with E-state index >= 15 is 0 Å². The third kappa shape index (κ3) is 9.64. The fourth-order valence-corrected chi connectivity index (χ4v) is 8.82. The Balaban J connectivity index is 2.24. The van der Waals surface area contributed by atoms with Crippen LogP contribution in [-0.4, -0.2) is 152 Å². The summed E-state index contributed by atoms with van der Waals surface area (Å²) in [5.41, 5.74) is -3.66. The quantitative estimate of drug-likeness (QED) is 0.293. The Kier molecular flexibility index (Phi) is 15.9. The van der Waals surface area contributed by atoms with Gasteiger partial charge in [0.05, 0.1) is 47.6 Å². The minimum absolute atomic E-state index is 0.147. The lowest BCUT2D eigenvalue weighted by Gasteiger charge is -2.50. The first-order valence-electron chi connectivity index (χ1n) is 19.3. The largest absolute Gasteiger partial charge is 0.459 e. The average molecular weight is 762 g/mol. The van der Waals surface area contributed by atoms with E-state index in [9.17, 15) is 24.9 Å². The molecule has 3 saturated heterocycles. The average Bonchev–Trinajstić information content (AvgIpc) is 3.12. The highest BCUT2D eigenvalue weighted by Gasteiger charge is 2.54. The van der Waals surface area contributed by atoms with E-state index in [0.29, 0.717) is 12.8 Å². The molecule has 0 bridgehead atoms. The van der Waals surface area contributed by atoms with Gasteiger partial charge in [0, 0.05) is 51.5 Å². The van der Waals surface area contributed by atoms with Gasteiger partial charge >= 0.3 is 5.97 Å². The molecule has 3 rings (SSSR count). The maximum atomic E-state index is 14.3. The number of aliphatic hydroxyl groups is 3. The Hall–Kier alpha value is -1.30. The Morgan fingerprint density at radius 1 is 0.811 bits per heavy atom. The summed E-state index contributed by atoms with van der Waals surface area (Å²) in [6.45, 7) is 17.7. The molecule has 0 aliphatic carbocycles. The molecule has 3 N–H and O–H groups in total. The van der Waals surface area contributed by atoms with Crippen LogP contribution in [0.3, 0.4) is 0 Å². The lowest BCUT2D eigenvalue weighted by Crippen LogP contribution is -2.61. The molecule has 0 aromatic rings. The molecule has 14 nitrogen and oxygen atoms in total. The van der Waals surface area contributed by atoms with Crippen molar-refractivity contribution in [3.63, 3.8) is 0 Å². The Morgan fingerprint density at radius 2 is 1.42 bits per heavy atom. The number of carbonyl (C=O) groups is 2. The van der Waals surface area contributed by atoms with Crippen molar-refractivity contribution in [2.45, 2.75) is 179 Å². The molecule has 53 heavy (non-hydrogen) atoms. The van der Waals surface area contributed by atoms with E-state index in [1.54, 1.807) is 41.5 Å². The molecule has 310 valence electrons. The van der Waals surface area contributed by atoms with Gasteiger partial charge in [-0.3, -0.25) is 9.59 Å². The fourth-order valence-electron chi connectivity index (χ4n) is 8.82. The summed E-state index contributed by atoms with van der Waals surface area (Å²) in [5.74, 6) is -4.02. The molecular weight excluding hydrogens is 690 g/mol. The van der Waals surface area contributed by atoms with Crippen molar-refractivity contribution < 1.29 is 62.8 Å². The first-order valence-corrected chi connectivity index (χ1v) is 19.3. The van der Waals surface area contributed by atoms with E-state index in [1.807, 2.05) is 46.7 Å². The molecule has 3 heterocycles. The summed E-state index contributed by atoms with van der Waals surface area (Å²) in [6, 6.07) is -0.272. The van der Waals surface area contributed by atoms with E-state index in [-0.39, 0.29) is 30.8 Å². The molecule has 0 aromatic carbocycles. The highest BCUT2D eigenvalue weighted by atomic mass is 16.7. The van der Waals surface area contributed by atoms with Gasteiger partial charge in [-0.1, -0.05) is 27.7 Å². The van der Waals surface area contributed by atoms with Crippen LogP contribution in [0, 0.1) is 23.7 Å². The van der Waals surface area contributed by atoms with Crippen molar-refractivity contribution in [2.24, 2.45) is 23.7 Å². The van der Waals surface area contributed by atoms with Crippen molar-refractivity contribution in [1.29, 1.82) is 0 Å². The maximum absolute atomic E-state index is 14.3. The van der Waals surface area contributed by atoms with Gasteiger partial charge in [0.1, 0.15) is 29.7 Å². The van der Waals surface area contributed by atoms with E-state index in [4.69, 9.17) is 37.9 Å². The van der Waals surface area contributed by atoms with Crippen molar-refractivity contribution in [3.8, 4) is 0 Å². The number of esters is 1. The van der Waals surface area contributed by atoms with E-state index in [1.165, 1.54) is 21.3 Å². The highest BCUT2D eigenvalue weighted by molar-refractivity contribution is 5.83. The number of hydrogen-bond acceptors (Lipinski definition) is 14. The fraction of sp³-hybridized carbons (Fsp3) is 0.949. The second kappa shape index (κ2) is 18.3. The van der Waals surface area contributed by atoms with Gasteiger partial charge in [-0.15, -0.1) is 0 Å². The minimum Gasteiger partial charge on any atom is -0.459 e. The predicted molar refractivity (Wildman–Crippen MR) is 196 cm³/mol. The monoisotopic (exact) mass is 761 g/mol. The summed E-state index contributed by atoms with van der Waals surface area (Å²) < 4.78 is 50.2. The molecule has 0 saturated carbocycles. The zero-order valence-corrected chi connectivity index (χ0v) is 34.9. The Morgan fingerprint density at radius 3 is 1.94 bits per heavy atom. The maximum Gasteiger partial charge on any atom is 0.311 e. The van der Waals surface area contributed by atoms with Crippen LogP contribution >= 0.6 is 0 Å². The smallest absolute Gasteiger partial charge is 0.311 e. The topological polar surface area (TPSA) is 172 Å². The van der Waals surface area contributed by atoms with Gasteiger partial charge in [0.2, 0.25) is 0 Å². The zero-order valence-electron chi connectivity index (χ0n) is 34.9. The number of rotatable bonds is 9. The second-order valence-corrected chi connectivity index (χ2v) is 16.8. The summed E-state index contributed by atoms with van der Waals surface area (Å²) in [7, 11) is 8.26. The van der Waals surface area contributed by atoms with Gasteiger partial charge in [-0.2, -0.15) is 0 Å². The van der Waals surface area contributed by atoms with Gasteiger partial charge in [-0.05, 0) is 74.9 Å². The van der Waals surface area contributed by atoms with Crippen LogP contribution in [0.2, 0.25) is 0 Å². The molecule has 3 aliphatic rings. The number of ether oxygens (including phenoxy) is 8. The van der Waals surface area contributed by atoms with Gasteiger partial charge < -0.3 is 58.1 Å². The van der Waals surface area contributed by atoms with E-state index < -0.39 is 102 Å². The first-order chi connectivity index (χ1) is 24.5. The highest BCUT2D eigenvalue weighted by Crippen LogP contribution is 2.42. The van der Waals surface area contributed by atoms with Gasteiger partial charge in [-0.25, -0.2) is 0 Å². The number of Topliss-reactive ketones (excluding diaryl/α,β-unsaturated/α-hetero) is 1. The Labute approximate surface area is 317 Å². The molecule has 0 amide bonds. The lowest BCUT2D eigenvalue weighted by atomic mass is 9.73. The number of nitrogens with zero attached hydrogens (tertiary/aromatic N) is 1.